The van der Waals surface area contributed by atoms with Crippen LogP contribution in [0.3, 0.4) is 0 Å². The van der Waals surface area contributed by atoms with Crippen molar-refractivity contribution in [3.63, 3.8) is 0 Å². The molecule has 5 heterocycles. The van der Waals surface area contributed by atoms with Gasteiger partial charge in [0.05, 0.1) is 28.6 Å². The molecule has 1 amide bonds. The van der Waals surface area contributed by atoms with Crippen molar-refractivity contribution in [3.8, 4) is 22.5 Å². The largest absolute Gasteiger partial charge is 0.356 e. The van der Waals surface area contributed by atoms with Gasteiger partial charge in [0, 0.05) is 47.4 Å². The predicted molar refractivity (Wildman–Crippen MR) is 155 cm³/mol. The zero-order valence-corrected chi connectivity index (χ0v) is 21.3. The Morgan fingerprint density at radius 2 is 1.72 bits per heavy atom. The standard InChI is InChI=1S/C31H27N7O/c39-31(20-7-3-1-4-8-20)34-23-15-22(18-32-19-23)21-9-10-27-24(16-21)29(37-36-27)28-17-25-26(35-28)11-12-33-30(25)38-13-5-2-6-14-38/h1,3-4,7-12,15-19,35H,2,5-6,13-14H2,(H,34,39)(H,36,37). The number of amides is 1. The number of aromatic nitrogens is 5. The van der Waals surface area contributed by atoms with Crippen molar-refractivity contribution in [1.82, 2.24) is 25.1 Å². The molecule has 0 bridgehead atoms. The fraction of sp³-hybridized carbons (Fsp3) is 0.161. The lowest BCUT2D eigenvalue weighted by molar-refractivity contribution is 0.102. The number of carbonyl (C=O) groups excluding carboxylic acids is 1. The summed E-state index contributed by atoms with van der Waals surface area (Å²) in [5.74, 6) is 0.870. The summed E-state index contributed by atoms with van der Waals surface area (Å²) in [6.45, 7) is 2.08. The number of anilines is 2. The van der Waals surface area contributed by atoms with E-state index in [1.807, 2.05) is 48.7 Å². The van der Waals surface area contributed by atoms with Crippen molar-refractivity contribution in [2.45, 2.75) is 19.3 Å². The summed E-state index contributed by atoms with van der Waals surface area (Å²) in [6, 6.07) is 21.5. The highest BCUT2D eigenvalue weighted by atomic mass is 16.1. The summed E-state index contributed by atoms with van der Waals surface area (Å²) in [7, 11) is 0. The number of nitrogens with one attached hydrogen (secondary N) is 3. The summed E-state index contributed by atoms with van der Waals surface area (Å²) in [6.07, 6.45) is 9.03. The molecule has 0 spiro atoms. The Morgan fingerprint density at radius 1 is 0.846 bits per heavy atom. The van der Waals surface area contributed by atoms with E-state index in [1.165, 1.54) is 19.3 Å². The van der Waals surface area contributed by atoms with E-state index in [2.05, 4.69) is 42.5 Å². The van der Waals surface area contributed by atoms with Gasteiger partial charge >= 0.3 is 0 Å². The van der Waals surface area contributed by atoms with Crippen LogP contribution in [0.2, 0.25) is 0 Å². The molecule has 8 nitrogen and oxygen atoms in total. The first-order valence-corrected chi connectivity index (χ1v) is 13.3. The molecule has 1 saturated heterocycles. The molecular formula is C31H27N7O. The van der Waals surface area contributed by atoms with Crippen molar-refractivity contribution < 1.29 is 4.79 Å². The Labute approximate surface area is 225 Å². The lowest BCUT2D eigenvalue weighted by Gasteiger charge is -2.28. The number of aromatic amines is 2. The van der Waals surface area contributed by atoms with E-state index in [0.29, 0.717) is 11.3 Å². The first-order chi connectivity index (χ1) is 19.2. The monoisotopic (exact) mass is 513 g/mol. The van der Waals surface area contributed by atoms with Crippen LogP contribution in [0.15, 0.2) is 85.3 Å². The minimum absolute atomic E-state index is 0.167. The van der Waals surface area contributed by atoms with E-state index >= 15 is 0 Å². The molecular weight excluding hydrogens is 486 g/mol. The SMILES string of the molecule is O=C(Nc1cncc(-c2ccc3[nH]nc(-c4cc5c(N6CCCCC6)nccc5[nH]4)c3c2)c1)c1ccccc1. The number of benzene rings is 2. The van der Waals surface area contributed by atoms with Crippen LogP contribution in [0.5, 0.6) is 0 Å². The Kier molecular flexibility index (Phi) is 5.77. The summed E-state index contributed by atoms with van der Waals surface area (Å²) in [4.78, 5) is 27.7. The number of pyridine rings is 2. The van der Waals surface area contributed by atoms with E-state index in [1.54, 1.807) is 24.5 Å². The molecule has 39 heavy (non-hydrogen) atoms. The third kappa shape index (κ3) is 4.40. The lowest BCUT2D eigenvalue weighted by atomic mass is 10.0. The molecule has 2 aromatic carbocycles. The molecule has 7 rings (SSSR count). The van der Waals surface area contributed by atoms with Crippen LogP contribution >= 0.6 is 0 Å². The van der Waals surface area contributed by atoms with Gasteiger partial charge in [-0.2, -0.15) is 5.10 Å². The number of hydrogen-bond acceptors (Lipinski definition) is 5. The third-order valence-electron chi connectivity index (χ3n) is 7.37. The van der Waals surface area contributed by atoms with Crippen molar-refractivity contribution in [2.75, 3.05) is 23.3 Å². The molecule has 0 radical (unpaired) electrons. The van der Waals surface area contributed by atoms with Crippen LogP contribution < -0.4 is 10.2 Å². The molecule has 8 heteroatoms. The molecule has 1 fully saturated rings. The van der Waals surface area contributed by atoms with Gasteiger partial charge in [0.2, 0.25) is 0 Å². The maximum absolute atomic E-state index is 12.6. The lowest BCUT2D eigenvalue weighted by Crippen LogP contribution is -2.30. The second-order valence-electron chi connectivity index (χ2n) is 9.94. The van der Waals surface area contributed by atoms with Gasteiger partial charge in [-0.25, -0.2) is 4.98 Å². The van der Waals surface area contributed by atoms with E-state index < -0.39 is 0 Å². The first kappa shape index (κ1) is 23.2. The molecule has 0 unspecified atom stereocenters. The third-order valence-corrected chi connectivity index (χ3v) is 7.37. The number of hydrogen-bond donors (Lipinski definition) is 3. The van der Waals surface area contributed by atoms with Gasteiger partial charge in [0.25, 0.3) is 5.91 Å². The highest BCUT2D eigenvalue weighted by Crippen LogP contribution is 2.35. The minimum atomic E-state index is -0.167. The number of carbonyl (C=O) groups is 1. The Balaban J connectivity index is 1.22. The number of rotatable bonds is 5. The highest BCUT2D eigenvalue weighted by molar-refractivity contribution is 6.04. The average molecular weight is 514 g/mol. The van der Waals surface area contributed by atoms with E-state index in [9.17, 15) is 4.79 Å². The zero-order chi connectivity index (χ0) is 26.2. The van der Waals surface area contributed by atoms with Gasteiger partial charge in [-0.15, -0.1) is 0 Å². The number of fused-ring (bicyclic) bond motifs is 2. The van der Waals surface area contributed by atoms with Crippen molar-refractivity contribution in [1.29, 1.82) is 0 Å². The molecule has 0 atom stereocenters. The van der Waals surface area contributed by atoms with E-state index in [4.69, 9.17) is 4.98 Å². The summed E-state index contributed by atoms with van der Waals surface area (Å²) < 4.78 is 0. The van der Waals surface area contributed by atoms with Crippen LogP contribution in [0.4, 0.5) is 11.5 Å². The van der Waals surface area contributed by atoms with Gasteiger partial charge in [-0.05, 0) is 67.3 Å². The minimum Gasteiger partial charge on any atom is -0.356 e. The molecule has 0 saturated carbocycles. The highest BCUT2D eigenvalue weighted by Gasteiger charge is 2.18. The number of H-pyrrole nitrogens is 2. The van der Waals surface area contributed by atoms with Gasteiger partial charge in [-0.1, -0.05) is 24.3 Å². The predicted octanol–water partition coefficient (Wildman–Crippen LogP) is 6.41. The van der Waals surface area contributed by atoms with Gasteiger partial charge < -0.3 is 15.2 Å². The second kappa shape index (κ2) is 9.72. The molecule has 3 N–H and O–H groups in total. The molecule has 4 aromatic heterocycles. The fourth-order valence-electron chi connectivity index (χ4n) is 5.38. The maximum atomic E-state index is 12.6. The van der Waals surface area contributed by atoms with E-state index in [0.717, 1.165) is 63.2 Å². The Hall–Kier alpha value is -4.98. The molecule has 1 aliphatic heterocycles. The van der Waals surface area contributed by atoms with Crippen LogP contribution in [0, 0.1) is 0 Å². The number of nitrogens with zero attached hydrogens (tertiary/aromatic N) is 4. The van der Waals surface area contributed by atoms with Gasteiger partial charge in [0.15, 0.2) is 0 Å². The van der Waals surface area contributed by atoms with Crippen molar-refractivity contribution in [2.24, 2.45) is 0 Å². The zero-order valence-electron chi connectivity index (χ0n) is 21.3. The summed E-state index contributed by atoms with van der Waals surface area (Å²) in [5.41, 5.74) is 6.94. The maximum Gasteiger partial charge on any atom is 0.255 e. The Bertz CT molecular complexity index is 1800. The molecule has 0 aliphatic carbocycles. The van der Waals surface area contributed by atoms with Crippen LogP contribution in [0.25, 0.3) is 44.3 Å². The smallest absolute Gasteiger partial charge is 0.255 e. The van der Waals surface area contributed by atoms with Crippen LogP contribution in [0.1, 0.15) is 29.6 Å². The topological polar surface area (TPSA) is 103 Å². The fourth-order valence-corrected chi connectivity index (χ4v) is 5.38. The number of piperidine rings is 1. The average Bonchev–Trinajstić information content (AvgIpc) is 3.62. The quantitative estimate of drug-likeness (QED) is 0.247. The van der Waals surface area contributed by atoms with Gasteiger partial charge in [0.1, 0.15) is 11.5 Å². The van der Waals surface area contributed by atoms with Crippen molar-refractivity contribution in [3.05, 3.63) is 90.9 Å². The first-order valence-electron chi connectivity index (χ1n) is 13.3. The van der Waals surface area contributed by atoms with E-state index in [-0.39, 0.29) is 5.91 Å². The molecule has 6 aromatic rings. The second-order valence-corrected chi connectivity index (χ2v) is 9.94. The molecule has 1 aliphatic rings. The van der Waals surface area contributed by atoms with Crippen molar-refractivity contribution >= 4 is 39.2 Å². The van der Waals surface area contributed by atoms with Gasteiger partial charge in [-0.3, -0.25) is 14.9 Å². The molecule has 192 valence electrons. The normalized spacial score (nSPS) is 13.7. The summed E-state index contributed by atoms with van der Waals surface area (Å²) in [5, 5.41) is 12.9. The van der Waals surface area contributed by atoms with Crippen LogP contribution in [-0.2, 0) is 0 Å². The van der Waals surface area contributed by atoms with Crippen LogP contribution in [-0.4, -0.2) is 44.1 Å². The Morgan fingerprint density at radius 3 is 2.59 bits per heavy atom. The summed E-state index contributed by atoms with van der Waals surface area (Å²) >= 11 is 0.